The fourth-order valence-corrected chi connectivity index (χ4v) is 6.53. The average Bonchev–Trinajstić information content (AvgIpc) is 3.59. The summed E-state index contributed by atoms with van der Waals surface area (Å²) in [7, 11) is -2.98. The summed E-state index contributed by atoms with van der Waals surface area (Å²) in [4.78, 5) is 29.0. The number of piperazine rings is 1. The first kappa shape index (κ1) is 29.0. The van der Waals surface area contributed by atoms with Crippen LogP contribution in [-0.4, -0.2) is 96.8 Å². The number of carbonyl (C=O) groups is 1. The summed E-state index contributed by atoms with van der Waals surface area (Å²) in [5, 5.41) is 8.95. The van der Waals surface area contributed by atoms with Crippen molar-refractivity contribution >= 4 is 61.7 Å². The monoisotopic (exact) mass is 600 g/mol. The van der Waals surface area contributed by atoms with Gasteiger partial charge in [0.25, 0.3) is 0 Å². The summed E-state index contributed by atoms with van der Waals surface area (Å²) in [6, 6.07) is 5.67. The number of sulfone groups is 1. The van der Waals surface area contributed by atoms with Crippen LogP contribution in [-0.2, 0) is 14.6 Å². The Kier molecular flexibility index (Phi) is 8.61. The smallest absolute Gasteiger partial charge is 0.233 e. The lowest BCUT2D eigenvalue weighted by Crippen LogP contribution is -2.47. The van der Waals surface area contributed by atoms with E-state index in [4.69, 9.17) is 15.5 Å². The van der Waals surface area contributed by atoms with E-state index < -0.39 is 15.1 Å². The van der Waals surface area contributed by atoms with E-state index in [2.05, 4.69) is 37.3 Å². The van der Waals surface area contributed by atoms with Crippen LogP contribution in [0.3, 0.4) is 0 Å². The van der Waals surface area contributed by atoms with Gasteiger partial charge in [-0.05, 0) is 37.0 Å². The van der Waals surface area contributed by atoms with E-state index >= 15 is 0 Å². The molecule has 1 amide bonds. The molecule has 5 rings (SSSR count). The molecule has 41 heavy (non-hydrogen) atoms. The number of H-pyrrole nitrogens is 1. The summed E-state index contributed by atoms with van der Waals surface area (Å²) in [5.74, 6) is 1.43. The number of aromatic nitrogens is 3. The van der Waals surface area contributed by atoms with Gasteiger partial charge in [0.1, 0.15) is 32.3 Å². The predicted octanol–water partition coefficient (Wildman–Crippen LogP) is 2.47. The predicted molar refractivity (Wildman–Crippen MR) is 165 cm³/mol. The number of nitrogens with two attached hydrogens (primary N) is 1. The van der Waals surface area contributed by atoms with Gasteiger partial charge in [-0.3, -0.25) is 9.69 Å². The first-order valence-electron chi connectivity index (χ1n) is 13.5. The van der Waals surface area contributed by atoms with E-state index in [-0.39, 0.29) is 17.7 Å². The van der Waals surface area contributed by atoms with Gasteiger partial charge in [0, 0.05) is 56.9 Å². The molecule has 12 nitrogen and oxygen atoms in total. The first-order valence-corrected chi connectivity index (χ1v) is 16.5. The molecule has 2 aliphatic heterocycles. The molecule has 1 fully saturated rings. The standard InChI is InChI=1S/C27H36N8O4S2/c1-4-39-22-16-21(35-10-8-34(9-11-35)12-14-41(3,37)38)17(2)15-20(22)31-27-32-25-18(5-7-29-25)26(33-27)30-19-6-13-40-23(19)24(28)36/h5-7,13,15-16,19,23H,4,8-12,14H2,1-3H3,(H2,28,36)(H3,29,30,31,32,33). The first-order chi connectivity index (χ1) is 19.6. The molecule has 1 saturated heterocycles. The highest BCUT2D eigenvalue weighted by atomic mass is 32.2. The van der Waals surface area contributed by atoms with E-state index in [1.807, 2.05) is 36.6 Å². The molecule has 14 heteroatoms. The third kappa shape index (κ3) is 6.88. The molecule has 0 saturated carbocycles. The molecular formula is C27H36N8O4S2. The molecule has 5 N–H and O–H groups in total. The molecule has 2 aliphatic rings. The molecule has 2 atom stereocenters. The van der Waals surface area contributed by atoms with Crippen LogP contribution >= 0.6 is 11.8 Å². The zero-order valence-electron chi connectivity index (χ0n) is 23.4. The molecule has 0 spiro atoms. The fraction of sp³-hybridized carbons (Fsp3) is 0.444. The SMILES string of the molecule is CCOc1cc(N2CCN(CCS(C)(=O)=O)CC2)c(C)cc1Nc1nc(NC2C=CSC2C(N)=O)c2cc[nH]c2n1. The zero-order chi connectivity index (χ0) is 29.1. The van der Waals surface area contributed by atoms with Crippen LogP contribution in [0.15, 0.2) is 35.9 Å². The fourth-order valence-electron chi connectivity index (χ4n) is 5.05. The molecule has 2 aromatic heterocycles. The molecule has 2 unspecified atom stereocenters. The number of ether oxygens (including phenoxy) is 1. The summed E-state index contributed by atoms with van der Waals surface area (Å²) in [5.41, 5.74) is 9.13. The molecule has 0 bridgehead atoms. The quantitative estimate of drug-likeness (QED) is 0.256. The lowest BCUT2D eigenvalue weighted by molar-refractivity contribution is -0.117. The van der Waals surface area contributed by atoms with Crippen LogP contribution < -0.4 is 26.0 Å². The number of hydrogen-bond donors (Lipinski definition) is 4. The van der Waals surface area contributed by atoms with Gasteiger partial charge in [0.05, 0.1) is 29.5 Å². The Hall–Kier alpha value is -3.49. The number of nitrogens with zero attached hydrogens (tertiary/aromatic N) is 4. The summed E-state index contributed by atoms with van der Waals surface area (Å²) >= 11 is 1.39. The Morgan fingerprint density at radius 3 is 2.73 bits per heavy atom. The van der Waals surface area contributed by atoms with Crippen LogP contribution in [0.5, 0.6) is 5.75 Å². The van der Waals surface area contributed by atoms with Crippen LogP contribution in [0.2, 0.25) is 0 Å². The Morgan fingerprint density at radius 2 is 2.02 bits per heavy atom. The van der Waals surface area contributed by atoms with Gasteiger partial charge in [-0.1, -0.05) is 6.08 Å². The molecule has 1 aromatic carbocycles. The lowest BCUT2D eigenvalue weighted by atomic mass is 10.1. The van der Waals surface area contributed by atoms with Crippen molar-refractivity contribution in [1.82, 2.24) is 19.9 Å². The van der Waals surface area contributed by atoms with Crippen molar-refractivity contribution in [2.75, 3.05) is 66.9 Å². The number of thioether (sulfide) groups is 1. The Labute approximate surface area is 244 Å². The summed E-state index contributed by atoms with van der Waals surface area (Å²) in [6.45, 7) is 8.22. The molecule has 3 aromatic rings. The number of rotatable bonds is 11. The van der Waals surface area contributed by atoms with Crippen molar-refractivity contribution in [3.63, 3.8) is 0 Å². The number of primary amides is 1. The minimum absolute atomic E-state index is 0.177. The van der Waals surface area contributed by atoms with E-state index in [1.165, 1.54) is 18.0 Å². The molecule has 220 valence electrons. The van der Waals surface area contributed by atoms with Crippen molar-refractivity contribution in [2.45, 2.75) is 25.1 Å². The maximum absolute atomic E-state index is 11.9. The van der Waals surface area contributed by atoms with E-state index in [0.29, 0.717) is 36.3 Å². The second-order valence-electron chi connectivity index (χ2n) is 10.2. The molecule has 0 aliphatic carbocycles. The second-order valence-corrected chi connectivity index (χ2v) is 13.6. The maximum atomic E-state index is 11.9. The number of hydrogen-bond acceptors (Lipinski definition) is 11. The van der Waals surface area contributed by atoms with Crippen molar-refractivity contribution in [3.8, 4) is 5.75 Å². The molecule has 0 radical (unpaired) electrons. The Bertz CT molecular complexity index is 1550. The number of fused-ring (bicyclic) bond motifs is 1. The minimum Gasteiger partial charge on any atom is -0.492 e. The zero-order valence-corrected chi connectivity index (χ0v) is 25.0. The summed E-state index contributed by atoms with van der Waals surface area (Å²) in [6.07, 6.45) is 4.99. The maximum Gasteiger partial charge on any atom is 0.233 e. The largest absolute Gasteiger partial charge is 0.492 e. The third-order valence-electron chi connectivity index (χ3n) is 7.17. The highest BCUT2D eigenvalue weighted by Crippen LogP contribution is 2.36. The van der Waals surface area contributed by atoms with Gasteiger partial charge >= 0.3 is 0 Å². The van der Waals surface area contributed by atoms with Crippen LogP contribution in [0.25, 0.3) is 11.0 Å². The third-order valence-corrected chi connectivity index (χ3v) is 9.23. The van der Waals surface area contributed by atoms with E-state index in [1.54, 1.807) is 6.20 Å². The van der Waals surface area contributed by atoms with Gasteiger partial charge < -0.3 is 31.0 Å². The van der Waals surface area contributed by atoms with Crippen LogP contribution in [0.1, 0.15) is 12.5 Å². The topological polar surface area (TPSA) is 159 Å². The number of aryl methyl sites for hydroxylation is 1. The molecule has 4 heterocycles. The van der Waals surface area contributed by atoms with Gasteiger partial charge in [0.2, 0.25) is 11.9 Å². The number of nitrogens with one attached hydrogen (secondary N) is 3. The highest BCUT2D eigenvalue weighted by Gasteiger charge is 2.29. The number of carbonyl (C=O) groups excluding carboxylic acids is 1. The average molecular weight is 601 g/mol. The van der Waals surface area contributed by atoms with Crippen LogP contribution in [0.4, 0.5) is 23.1 Å². The van der Waals surface area contributed by atoms with Gasteiger partial charge in [0.15, 0.2) is 0 Å². The van der Waals surface area contributed by atoms with Gasteiger partial charge in [-0.15, -0.1) is 11.8 Å². The number of benzene rings is 1. The molecular weight excluding hydrogens is 564 g/mol. The van der Waals surface area contributed by atoms with Crippen molar-refractivity contribution in [1.29, 1.82) is 0 Å². The Balaban J connectivity index is 1.36. The highest BCUT2D eigenvalue weighted by molar-refractivity contribution is 8.03. The Morgan fingerprint density at radius 1 is 1.24 bits per heavy atom. The number of amides is 1. The van der Waals surface area contributed by atoms with E-state index in [9.17, 15) is 13.2 Å². The van der Waals surface area contributed by atoms with Crippen molar-refractivity contribution < 1.29 is 17.9 Å². The minimum atomic E-state index is -2.98. The lowest BCUT2D eigenvalue weighted by Gasteiger charge is -2.37. The summed E-state index contributed by atoms with van der Waals surface area (Å²) < 4.78 is 29.2. The number of anilines is 4. The van der Waals surface area contributed by atoms with Crippen LogP contribution in [0, 0.1) is 6.92 Å². The normalized spacial score (nSPS) is 19.5. The second kappa shape index (κ2) is 12.2. The van der Waals surface area contributed by atoms with Gasteiger partial charge in [-0.25, -0.2) is 8.42 Å². The van der Waals surface area contributed by atoms with Gasteiger partial charge in [-0.2, -0.15) is 9.97 Å². The number of aromatic amines is 1. The van der Waals surface area contributed by atoms with E-state index in [0.717, 1.165) is 48.5 Å². The van der Waals surface area contributed by atoms with Crippen molar-refractivity contribution in [2.24, 2.45) is 5.73 Å². The van der Waals surface area contributed by atoms with Crippen molar-refractivity contribution in [3.05, 3.63) is 41.4 Å².